The van der Waals surface area contributed by atoms with E-state index in [0.29, 0.717) is 21.3 Å². The van der Waals surface area contributed by atoms with Gasteiger partial charge < -0.3 is 10.4 Å². The molecular weight excluding hydrogens is 300 g/mol. The Hall–Kier alpha value is -1.29. The molecule has 5 heteroatoms. The Bertz CT molecular complexity index is 578. The van der Waals surface area contributed by atoms with Gasteiger partial charge in [-0.3, -0.25) is 0 Å². The van der Waals surface area contributed by atoms with E-state index in [-0.39, 0.29) is 12.4 Å². The van der Waals surface area contributed by atoms with E-state index in [0.717, 1.165) is 5.56 Å². The van der Waals surface area contributed by atoms with Crippen LogP contribution in [0.2, 0.25) is 10.0 Å². The molecule has 0 aliphatic heterocycles. The van der Waals surface area contributed by atoms with Crippen LogP contribution in [0.15, 0.2) is 36.4 Å². The van der Waals surface area contributed by atoms with Gasteiger partial charge in [0.1, 0.15) is 5.82 Å². The number of hydrogen-bond acceptors (Lipinski definition) is 2. The monoisotopic (exact) mass is 313 g/mol. The Balaban J connectivity index is 2.34. The molecule has 0 radical (unpaired) electrons. The summed E-state index contributed by atoms with van der Waals surface area (Å²) in [5, 5.41) is 13.5. The number of halogens is 3. The van der Waals surface area contributed by atoms with E-state index < -0.39 is 6.04 Å². The van der Waals surface area contributed by atoms with Crippen molar-refractivity contribution in [2.24, 2.45) is 0 Å². The van der Waals surface area contributed by atoms with E-state index in [2.05, 4.69) is 5.32 Å². The van der Waals surface area contributed by atoms with Gasteiger partial charge in [-0.2, -0.15) is 0 Å². The molecule has 0 spiro atoms. The van der Waals surface area contributed by atoms with Crippen molar-refractivity contribution < 1.29 is 9.50 Å². The zero-order valence-corrected chi connectivity index (χ0v) is 12.3. The zero-order valence-electron chi connectivity index (χ0n) is 10.8. The molecular formula is C15H14Cl2FNO. The van der Waals surface area contributed by atoms with Crippen molar-refractivity contribution in [3.05, 3.63) is 63.4 Å². The topological polar surface area (TPSA) is 32.3 Å². The number of aliphatic hydroxyl groups is 1. The largest absolute Gasteiger partial charge is 0.394 e. The highest BCUT2D eigenvalue weighted by atomic mass is 35.5. The maximum atomic E-state index is 13.4. The van der Waals surface area contributed by atoms with Gasteiger partial charge in [0.05, 0.1) is 12.6 Å². The molecule has 2 N–H and O–H groups in total. The van der Waals surface area contributed by atoms with Crippen LogP contribution in [0, 0.1) is 12.7 Å². The molecule has 1 unspecified atom stereocenters. The van der Waals surface area contributed by atoms with Crippen molar-refractivity contribution in [1.29, 1.82) is 0 Å². The van der Waals surface area contributed by atoms with E-state index in [4.69, 9.17) is 23.2 Å². The van der Waals surface area contributed by atoms with Crippen LogP contribution in [-0.2, 0) is 0 Å². The molecule has 0 fully saturated rings. The lowest BCUT2D eigenvalue weighted by atomic mass is 10.1. The Morgan fingerprint density at radius 2 is 1.85 bits per heavy atom. The molecule has 0 saturated carbocycles. The Morgan fingerprint density at radius 3 is 2.40 bits per heavy atom. The van der Waals surface area contributed by atoms with Crippen molar-refractivity contribution in [2.75, 3.05) is 11.9 Å². The number of anilines is 1. The van der Waals surface area contributed by atoms with Gasteiger partial charge in [-0.15, -0.1) is 0 Å². The fourth-order valence-electron chi connectivity index (χ4n) is 2.07. The third kappa shape index (κ3) is 3.42. The molecule has 0 saturated heterocycles. The minimum absolute atomic E-state index is 0.209. The number of aliphatic hydroxyl groups excluding tert-OH is 1. The molecule has 0 aliphatic rings. The SMILES string of the molecule is Cc1cc(F)cc(NC(CO)c2c(Cl)cccc2Cl)c1. The Morgan fingerprint density at radius 1 is 1.20 bits per heavy atom. The maximum absolute atomic E-state index is 13.4. The quantitative estimate of drug-likeness (QED) is 0.865. The van der Waals surface area contributed by atoms with Gasteiger partial charge in [0.2, 0.25) is 0 Å². The van der Waals surface area contributed by atoms with Gasteiger partial charge >= 0.3 is 0 Å². The first-order valence-electron chi connectivity index (χ1n) is 6.09. The fourth-order valence-corrected chi connectivity index (χ4v) is 2.73. The minimum Gasteiger partial charge on any atom is -0.394 e. The van der Waals surface area contributed by atoms with Crippen molar-refractivity contribution in [3.63, 3.8) is 0 Å². The molecule has 0 amide bonds. The summed E-state index contributed by atoms with van der Waals surface area (Å²) < 4.78 is 13.4. The highest BCUT2D eigenvalue weighted by Gasteiger charge is 2.17. The Labute approximate surface area is 127 Å². The number of benzene rings is 2. The smallest absolute Gasteiger partial charge is 0.125 e. The van der Waals surface area contributed by atoms with Gasteiger partial charge in [-0.25, -0.2) is 4.39 Å². The molecule has 2 nitrogen and oxygen atoms in total. The third-order valence-electron chi connectivity index (χ3n) is 2.91. The minimum atomic E-state index is -0.502. The lowest BCUT2D eigenvalue weighted by molar-refractivity contribution is 0.276. The lowest BCUT2D eigenvalue weighted by Crippen LogP contribution is -2.16. The summed E-state index contributed by atoms with van der Waals surface area (Å²) in [5.74, 6) is -0.338. The molecule has 0 bridgehead atoms. The standard InChI is InChI=1S/C15H14Cl2FNO/c1-9-5-10(18)7-11(6-9)19-14(8-20)15-12(16)3-2-4-13(15)17/h2-7,14,19-20H,8H2,1H3. The van der Waals surface area contributed by atoms with Crippen LogP contribution >= 0.6 is 23.2 Å². The molecule has 2 rings (SSSR count). The van der Waals surface area contributed by atoms with E-state index in [9.17, 15) is 9.50 Å². The number of aryl methyl sites for hydroxylation is 1. The zero-order chi connectivity index (χ0) is 14.7. The second-order valence-electron chi connectivity index (χ2n) is 4.53. The van der Waals surface area contributed by atoms with Crippen molar-refractivity contribution in [1.82, 2.24) is 0 Å². The molecule has 106 valence electrons. The summed E-state index contributed by atoms with van der Waals surface area (Å²) in [4.78, 5) is 0. The van der Waals surface area contributed by atoms with Crippen LogP contribution in [0.5, 0.6) is 0 Å². The summed E-state index contributed by atoms with van der Waals surface area (Å²) in [5.41, 5.74) is 1.95. The predicted octanol–water partition coefficient (Wildman–Crippen LogP) is 4.59. The number of nitrogens with one attached hydrogen (secondary N) is 1. The predicted molar refractivity (Wildman–Crippen MR) is 81.0 cm³/mol. The molecule has 0 aliphatic carbocycles. The van der Waals surface area contributed by atoms with Gasteiger partial charge in [-0.1, -0.05) is 29.3 Å². The van der Waals surface area contributed by atoms with Gasteiger partial charge in [0.25, 0.3) is 0 Å². The van der Waals surface area contributed by atoms with Gasteiger partial charge in [-0.05, 0) is 42.8 Å². The molecule has 20 heavy (non-hydrogen) atoms. The van der Waals surface area contributed by atoms with Crippen LogP contribution < -0.4 is 5.32 Å². The second-order valence-corrected chi connectivity index (χ2v) is 5.35. The maximum Gasteiger partial charge on any atom is 0.125 e. The fraction of sp³-hybridized carbons (Fsp3) is 0.200. The molecule has 1 atom stereocenters. The summed E-state index contributed by atoms with van der Waals surface area (Å²) in [6.07, 6.45) is 0. The van der Waals surface area contributed by atoms with E-state index in [1.807, 2.05) is 0 Å². The first-order chi connectivity index (χ1) is 9.51. The van der Waals surface area contributed by atoms with Gasteiger partial charge in [0, 0.05) is 21.3 Å². The average molecular weight is 314 g/mol. The van der Waals surface area contributed by atoms with Gasteiger partial charge in [0.15, 0.2) is 0 Å². The van der Waals surface area contributed by atoms with Crippen molar-refractivity contribution in [3.8, 4) is 0 Å². The number of hydrogen-bond donors (Lipinski definition) is 2. The lowest BCUT2D eigenvalue weighted by Gasteiger charge is -2.20. The molecule has 0 heterocycles. The molecule has 2 aromatic carbocycles. The van der Waals surface area contributed by atoms with E-state index >= 15 is 0 Å². The van der Waals surface area contributed by atoms with Crippen molar-refractivity contribution in [2.45, 2.75) is 13.0 Å². The summed E-state index contributed by atoms with van der Waals surface area (Å²) in [6, 6.07) is 9.21. The molecule has 0 aromatic heterocycles. The normalized spacial score (nSPS) is 12.2. The summed E-state index contributed by atoms with van der Waals surface area (Å²) >= 11 is 12.2. The first-order valence-corrected chi connectivity index (χ1v) is 6.85. The highest BCUT2D eigenvalue weighted by molar-refractivity contribution is 6.36. The Kier molecular flexibility index (Phi) is 4.86. The second kappa shape index (κ2) is 6.44. The van der Waals surface area contributed by atoms with Crippen LogP contribution in [0.25, 0.3) is 0 Å². The summed E-state index contributed by atoms with van der Waals surface area (Å²) in [7, 11) is 0. The van der Waals surface area contributed by atoms with Crippen LogP contribution in [-0.4, -0.2) is 11.7 Å². The van der Waals surface area contributed by atoms with E-state index in [1.54, 1.807) is 31.2 Å². The highest BCUT2D eigenvalue weighted by Crippen LogP contribution is 2.32. The van der Waals surface area contributed by atoms with Crippen LogP contribution in [0.4, 0.5) is 10.1 Å². The average Bonchev–Trinajstić information content (AvgIpc) is 2.36. The van der Waals surface area contributed by atoms with Crippen molar-refractivity contribution >= 4 is 28.9 Å². The number of rotatable bonds is 4. The first kappa shape index (κ1) is 15.1. The summed E-state index contributed by atoms with van der Waals surface area (Å²) in [6.45, 7) is 1.59. The third-order valence-corrected chi connectivity index (χ3v) is 3.57. The van der Waals surface area contributed by atoms with Crippen LogP contribution in [0.1, 0.15) is 17.2 Å². The molecule has 2 aromatic rings. The van der Waals surface area contributed by atoms with E-state index in [1.165, 1.54) is 12.1 Å². The van der Waals surface area contributed by atoms with Crippen LogP contribution in [0.3, 0.4) is 0 Å².